The SMILES string of the molecule is CCN(CC)S(=O)(=O)c1ccc(OC)c(NC(=O)c2ccc(OC(F)F)c(OC)c2)c1. The van der Waals surface area contributed by atoms with E-state index in [0.29, 0.717) is 13.1 Å². The number of halogens is 2. The predicted molar refractivity (Wildman–Crippen MR) is 111 cm³/mol. The molecule has 0 aliphatic heterocycles. The second-order valence-electron chi connectivity index (χ2n) is 6.15. The number of amides is 1. The Morgan fingerprint density at radius 2 is 1.61 bits per heavy atom. The molecule has 0 radical (unpaired) electrons. The molecule has 0 unspecified atom stereocenters. The maximum absolute atomic E-state index is 12.8. The zero-order valence-electron chi connectivity index (χ0n) is 17.5. The van der Waals surface area contributed by atoms with Crippen LogP contribution < -0.4 is 19.5 Å². The van der Waals surface area contributed by atoms with E-state index in [1.54, 1.807) is 13.8 Å². The summed E-state index contributed by atoms with van der Waals surface area (Å²) in [6, 6.07) is 7.82. The lowest BCUT2D eigenvalue weighted by molar-refractivity contribution is -0.0512. The van der Waals surface area contributed by atoms with Gasteiger partial charge in [-0.25, -0.2) is 8.42 Å². The Balaban J connectivity index is 2.38. The average Bonchev–Trinajstić information content (AvgIpc) is 2.74. The van der Waals surface area contributed by atoms with Crippen molar-refractivity contribution in [2.45, 2.75) is 25.4 Å². The van der Waals surface area contributed by atoms with Crippen molar-refractivity contribution in [1.29, 1.82) is 0 Å². The summed E-state index contributed by atoms with van der Waals surface area (Å²) < 4.78 is 66.4. The van der Waals surface area contributed by atoms with E-state index in [4.69, 9.17) is 9.47 Å². The summed E-state index contributed by atoms with van der Waals surface area (Å²) in [4.78, 5) is 12.7. The van der Waals surface area contributed by atoms with Crippen LogP contribution in [-0.4, -0.2) is 52.6 Å². The number of hydrogen-bond donors (Lipinski definition) is 1. The smallest absolute Gasteiger partial charge is 0.387 e. The molecule has 0 aliphatic rings. The number of carbonyl (C=O) groups excluding carboxylic acids is 1. The molecule has 0 fully saturated rings. The molecule has 2 aromatic rings. The van der Waals surface area contributed by atoms with E-state index in [0.717, 1.165) is 0 Å². The van der Waals surface area contributed by atoms with Gasteiger partial charge in [0.05, 0.1) is 24.8 Å². The third-order valence-electron chi connectivity index (χ3n) is 4.40. The van der Waals surface area contributed by atoms with Crippen molar-refractivity contribution < 1.29 is 36.2 Å². The number of carbonyl (C=O) groups is 1. The van der Waals surface area contributed by atoms with Crippen molar-refractivity contribution in [3.8, 4) is 17.2 Å². The highest BCUT2D eigenvalue weighted by Crippen LogP contribution is 2.32. The quantitative estimate of drug-likeness (QED) is 0.585. The van der Waals surface area contributed by atoms with Gasteiger partial charge in [0.1, 0.15) is 5.75 Å². The van der Waals surface area contributed by atoms with Crippen LogP contribution in [0.3, 0.4) is 0 Å². The van der Waals surface area contributed by atoms with Crippen LogP contribution in [0.4, 0.5) is 14.5 Å². The normalized spacial score (nSPS) is 11.5. The van der Waals surface area contributed by atoms with E-state index in [-0.39, 0.29) is 33.4 Å². The summed E-state index contributed by atoms with van der Waals surface area (Å²) >= 11 is 0. The largest absolute Gasteiger partial charge is 0.495 e. The molecule has 11 heteroatoms. The highest BCUT2D eigenvalue weighted by molar-refractivity contribution is 7.89. The topological polar surface area (TPSA) is 94.2 Å². The number of anilines is 1. The van der Waals surface area contributed by atoms with Gasteiger partial charge in [-0.05, 0) is 36.4 Å². The molecule has 0 saturated heterocycles. The molecule has 0 heterocycles. The molecule has 2 aromatic carbocycles. The van der Waals surface area contributed by atoms with E-state index in [9.17, 15) is 22.0 Å². The van der Waals surface area contributed by atoms with E-state index >= 15 is 0 Å². The van der Waals surface area contributed by atoms with Gasteiger partial charge in [-0.15, -0.1) is 0 Å². The maximum Gasteiger partial charge on any atom is 0.387 e. The van der Waals surface area contributed by atoms with Crippen molar-refractivity contribution >= 4 is 21.6 Å². The van der Waals surface area contributed by atoms with Gasteiger partial charge in [-0.2, -0.15) is 13.1 Å². The number of rotatable bonds is 10. The standard InChI is InChI=1S/C20H24F2N2O6S/c1-5-24(6-2)31(26,27)14-8-10-16(28-3)15(12-14)23-19(25)13-7-9-17(30-20(21)22)18(11-13)29-4/h7-12,20H,5-6H2,1-4H3,(H,23,25). The molecular formula is C20H24F2N2O6S. The Bertz CT molecular complexity index is 1030. The first-order chi connectivity index (χ1) is 14.7. The van der Waals surface area contributed by atoms with Crippen LogP contribution in [0.5, 0.6) is 17.2 Å². The Hall–Kier alpha value is -2.92. The number of methoxy groups -OCH3 is 2. The number of hydrogen-bond acceptors (Lipinski definition) is 6. The van der Waals surface area contributed by atoms with Crippen LogP contribution in [0.15, 0.2) is 41.3 Å². The number of benzene rings is 2. The van der Waals surface area contributed by atoms with E-state index in [2.05, 4.69) is 10.1 Å². The molecule has 8 nitrogen and oxygen atoms in total. The summed E-state index contributed by atoms with van der Waals surface area (Å²) in [6.45, 7) is 0.983. The van der Waals surface area contributed by atoms with Crippen molar-refractivity contribution in [2.24, 2.45) is 0 Å². The third kappa shape index (κ3) is 5.61. The van der Waals surface area contributed by atoms with Crippen LogP contribution in [0.1, 0.15) is 24.2 Å². The number of ether oxygens (including phenoxy) is 3. The summed E-state index contributed by atoms with van der Waals surface area (Å²) in [5.41, 5.74) is 0.213. The Morgan fingerprint density at radius 3 is 2.16 bits per heavy atom. The minimum Gasteiger partial charge on any atom is -0.495 e. The zero-order valence-corrected chi connectivity index (χ0v) is 18.3. The zero-order chi connectivity index (χ0) is 23.2. The van der Waals surface area contributed by atoms with E-state index < -0.39 is 22.5 Å². The van der Waals surface area contributed by atoms with Crippen LogP contribution in [-0.2, 0) is 10.0 Å². The first-order valence-electron chi connectivity index (χ1n) is 9.30. The minimum absolute atomic E-state index is 0.00874. The van der Waals surface area contributed by atoms with Gasteiger partial charge in [0, 0.05) is 18.7 Å². The molecule has 0 aromatic heterocycles. The van der Waals surface area contributed by atoms with Gasteiger partial charge < -0.3 is 19.5 Å². The molecule has 0 saturated carbocycles. The van der Waals surface area contributed by atoms with Gasteiger partial charge >= 0.3 is 6.61 Å². The fraction of sp³-hybridized carbons (Fsp3) is 0.350. The van der Waals surface area contributed by atoms with Crippen molar-refractivity contribution in [2.75, 3.05) is 32.6 Å². The molecule has 0 atom stereocenters. The molecule has 0 bridgehead atoms. The average molecular weight is 458 g/mol. The van der Waals surface area contributed by atoms with Gasteiger partial charge in [-0.1, -0.05) is 13.8 Å². The summed E-state index contributed by atoms with van der Waals surface area (Å²) in [7, 11) is -1.13. The summed E-state index contributed by atoms with van der Waals surface area (Å²) in [5.74, 6) is -0.661. The molecule has 2 rings (SSSR count). The highest BCUT2D eigenvalue weighted by atomic mass is 32.2. The second kappa shape index (κ2) is 10.4. The van der Waals surface area contributed by atoms with Gasteiger partial charge in [0.2, 0.25) is 10.0 Å². The van der Waals surface area contributed by atoms with Crippen LogP contribution in [0.2, 0.25) is 0 Å². The number of alkyl halides is 2. The van der Waals surface area contributed by atoms with Crippen LogP contribution >= 0.6 is 0 Å². The van der Waals surface area contributed by atoms with Crippen LogP contribution in [0.25, 0.3) is 0 Å². The first kappa shape index (κ1) is 24.4. The lowest BCUT2D eigenvalue weighted by Crippen LogP contribution is -2.30. The molecule has 170 valence electrons. The Labute approximate surface area is 179 Å². The fourth-order valence-corrected chi connectivity index (χ4v) is 4.34. The second-order valence-corrected chi connectivity index (χ2v) is 8.09. The van der Waals surface area contributed by atoms with Crippen LogP contribution in [0, 0.1) is 0 Å². The van der Waals surface area contributed by atoms with Crippen molar-refractivity contribution in [3.63, 3.8) is 0 Å². The number of nitrogens with one attached hydrogen (secondary N) is 1. The first-order valence-corrected chi connectivity index (χ1v) is 10.7. The van der Waals surface area contributed by atoms with Crippen molar-refractivity contribution in [1.82, 2.24) is 4.31 Å². The molecule has 0 aliphatic carbocycles. The lowest BCUT2D eigenvalue weighted by atomic mass is 10.1. The fourth-order valence-electron chi connectivity index (χ4n) is 2.85. The molecule has 1 amide bonds. The monoisotopic (exact) mass is 458 g/mol. The number of sulfonamides is 1. The molecule has 1 N–H and O–H groups in total. The van der Waals surface area contributed by atoms with Gasteiger partial charge in [0.15, 0.2) is 11.5 Å². The predicted octanol–water partition coefficient (Wildman–Crippen LogP) is 3.59. The lowest BCUT2D eigenvalue weighted by Gasteiger charge is -2.19. The third-order valence-corrected chi connectivity index (χ3v) is 6.45. The molecular weight excluding hydrogens is 434 g/mol. The molecule has 31 heavy (non-hydrogen) atoms. The van der Waals surface area contributed by atoms with E-state index in [1.165, 1.54) is 54.9 Å². The maximum atomic E-state index is 12.8. The summed E-state index contributed by atoms with van der Waals surface area (Å²) in [6.07, 6.45) is 0. The Morgan fingerprint density at radius 1 is 1.00 bits per heavy atom. The van der Waals surface area contributed by atoms with Gasteiger partial charge in [-0.3, -0.25) is 4.79 Å². The minimum atomic E-state index is -3.76. The van der Waals surface area contributed by atoms with Crippen molar-refractivity contribution in [3.05, 3.63) is 42.0 Å². The number of nitrogens with zero attached hydrogens (tertiary/aromatic N) is 1. The van der Waals surface area contributed by atoms with Gasteiger partial charge in [0.25, 0.3) is 5.91 Å². The van der Waals surface area contributed by atoms with E-state index in [1.807, 2.05) is 0 Å². The Kier molecular flexibility index (Phi) is 8.17. The summed E-state index contributed by atoms with van der Waals surface area (Å²) in [5, 5.41) is 2.59. The highest BCUT2D eigenvalue weighted by Gasteiger charge is 2.23. The molecule has 0 spiro atoms.